The maximum Gasteiger partial charge on any atom is 0.328 e. The van der Waals surface area contributed by atoms with Crippen LogP contribution in [0, 0.1) is 5.92 Å². The highest BCUT2D eigenvalue weighted by molar-refractivity contribution is 5.85. The Labute approximate surface area is 96.2 Å². The molecule has 0 radical (unpaired) electrons. The highest BCUT2D eigenvalue weighted by Crippen LogP contribution is 2.04. The van der Waals surface area contributed by atoms with E-state index < -0.39 is 24.5 Å². The fraction of sp³-hybridized carbons (Fsp3) is 0.818. The molecule has 0 aliphatic heterocycles. The van der Waals surface area contributed by atoms with Gasteiger partial charge in [-0.15, -0.1) is 0 Å². The van der Waals surface area contributed by atoms with Gasteiger partial charge in [-0.2, -0.15) is 0 Å². The quantitative estimate of drug-likeness (QED) is 0.493. The van der Waals surface area contributed by atoms with E-state index >= 15 is 0 Å². The number of carbonyl (C=O) groups is 2. The summed E-state index contributed by atoms with van der Waals surface area (Å²) in [6, 6.07) is -0.684. The highest BCUT2D eigenvalue weighted by atomic mass is 16.5. The molecule has 5 nitrogen and oxygen atoms in total. The predicted octanol–water partition coefficient (Wildman–Crippen LogP) is 0.463. The molecule has 1 amide bonds. The standard InChI is InChI=1S/C11H21NO4/c1-4-5-6-16-11(15)10(8(2)3)12-9(14)7-13/h8,10,13H,4-7H2,1-3H3,(H,12,14)/t10-/m0/s1. The Balaban J connectivity index is 4.19. The lowest BCUT2D eigenvalue weighted by Gasteiger charge is -2.20. The molecule has 2 N–H and O–H groups in total. The smallest absolute Gasteiger partial charge is 0.328 e. The highest BCUT2D eigenvalue weighted by Gasteiger charge is 2.25. The van der Waals surface area contributed by atoms with Crippen molar-refractivity contribution in [1.82, 2.24) is 5.32 Å². The molecule has 0 saturated heterocycles. The monoisotopic (exact) mass is 231 g/mol. The van der Waals surface area contributed by atoms with E-state index in [0.29, 0.717) is 6.61 Å². The number of amides is 1. The Morgan fingerprint density at radius 1 is 1.38 bits per heavy atom. The Kier molecular flexibility index (Phi) is 7.54. The molecule has 0 aromatic heterocycles. The zero-order valence-electron chi connectivity index (χ0n) is 10.2. The Morgan fingerprint density at radius 3 is 2.44 bits per heavy atom. The van der Waals surface area contributed by atoms with Crippen LogP contribution in [0.25, 0.3) is 0 Å². The second-order valence-electron chi connectivity index (χ2n) is 3.97. The molecule has 5 heteroatoms. The number of rotatable bonds is 7. The number of nitrogens with one attached hydrogen (secondary N) is 1. The zero-order valence-corrected chi connectivity index (χ0v) is 10.2. The fourth-order valence-corrected chi connectivity index (χ4v) is 1.12. The van der Waals surface area contributed by atoms with E-state index in [1.54, 1.807) is 0 Å². The molecule has 0 heterocycles. The van der Waals surface area contributed by atoms with Crippen molar-refractivity contribution in [2.24, 2.45) is 5.92 Å². The van der Waals surface area contributed by atoms with Gasteiger partial charge in [-0.3, -0.25) is 4.79 Å². The molecule has 0 saturated carbocycles. The number of hydrogen-bond donors (Lipinski definition) is 2. The minimum atomic E-state index is -0.684. The van der Waals surface area contributed by atoms with Crippen LogP contribution < -0.4 is 5.32 Å². The fourth-order valence-electron chi connectivity index (χ4n) is 1.12. The summed E-state index contributed by atoms with van der Waals surface area (Å²) in [4.78, 5) is 22.6. The summed E-state index contributed by atoms with van der Waals surface area (Å²) >= 11 is 0. The summed E-state index contributed by atoms with van der Waals surface area (Å²) in [5, 5.41) is 11.0. The lowest BCUT2D eigenvalue weighted by Crippen LogP contribution is -2.46. The van der Waals surface area contributed by atoms with E-state index in [1.807, 2.05) is 20.8 Å². The maximum atomic E-state index is 11.6. The van der Waals surface area contributed by atoms with Crippen molar-refractivity contribution >= 4 is 11.9 Å². The molecule has 0 fully saturated rings. The van der Waals surface area contributed by atoms with Crippen LogP contribution in [0.4, 0.5) is 0 Å². The predicted molar refractivity (Wildman–Crippen MR) is 59.7 cm³/mol. The molecule has 0 aromatic rings. The molecular weight excluding hydrogens is 210 g/mol. The lowest BCUT2D eigenvalue weighted by atomic mass is 10.0. The SMILES string of the molecule is CCCCOC(=O)[C@@H](NC(=O)CO)C(C)C. The number of aliphatic hydroxyl groups is 1. The van der Waals surface area contributed by atoms with Gasteiger partial charge in [-0.25, -0.2) is 4.79 Å². The van der Waals surface area contributed by atoms with Crippen LogP contribution in [0.2, 0.25) is 0 Å². The molecule has 0 unspecified atom stereocenters. The minimum absolute atomic E-state index is 0.0652. The van der Waals surface area contributed by atoms with Crippen LogP contribution >= 0.6 is 0 Å². The van der Waals surface area contributed by atoms with Gasteiger partial charge in [0.1, 0.15) is 12.6 Å². The number of ether oxygens (including phenoxy) is 1. The number of hydrogen-bond acceptors (Lipinski definition) is 4. The van der Waals surface area contributed by atoms with Crippen LogP contribution in [0.1, 0.15) is 33.6 Å². The van der Waals surface area contributed by atoms with Crippen molar-refractivity contribution in [3.8, 4) is 0 Å². The van der Waals surface area contributed by atoms with Crippen molar-refractivity contribution in [1.29, 1.82) is 0 Å². The van der Waals surface area contributed by atoms with Crippen LogP contribution in [0.15, 0.2) is 0 Å². The van der Waals surface area contributed by atoms with E-state index in [-0.39, 0.29) is 5.92 Å². The van der Waals surface area contributed by atoms with E-state index in [2.05, 4.69) is 5.32 Å². The van der Waals surface area contributed by atoms with Crippen LogP contribution in [-0.4, -0.2) is 36.2 Å². The van der Waals surface area contributed by atoms with Gasteiger partial charge in [0, 0.05) is 0 Å². The first-order valence-electron chi connectivity index (χ1n) is 5.59. The maximum absolute atomic E-state index is 11.6. The van der Waals surface area contributed by atoms with Crippen LogP contribution in [-0.2, 0) is 14.3 Å². The van der Waals surface area contributed by atoms with Crippen molar-refractivity contribution < 1.29 is 19.4 Å². The summed E-state index contributed by atoms with van der Waals surface area (Å²) in [6.45, 7) is 5.37. The summed E-state index contributed by atoms with van der Waals surface area (Å²) in [6.07, 6.45) is 1.76. The first kappa shape index (κ1) is 14.9. The number of carbonyl (C=O) groups excluding carboxylic acids is 2. The van der Waals surface area contributed by atoms with Crippen molar-refractivity contribution in [3.05, 3.63) is 0 Å². The average Bonchev–Trinajstić information content (AvgIpc) is 2.25. The third kappa shape index (κ3) is 5.70. The van der Waals surface area contributed by atoms with Crippen LogP contribution in [0.5, 0.6) is 0 Å². The van der Waals surface area contributed by atoms with Gasteiger partial charge in [0.05, 0.1) is 6.61 Å². The summed E-state index contributed by atoms with van der Waals surface area (Å²) < 4.78 is 5.02. The number of esters is 1. The summed E-state index contributed by atoms with van der Waals surface area (Å²) in [5.74, 6) is -1.07. The summed E-state index contributed by atoms with van der Waals surface area (Å²) in [5.41, 5.74) is 0. The number of aliphatic hydroxyl groups excluding tert-OH is 1. The molecule has 0 bridgehead atoms. The topological polar surface area (TPSA) is 75.6 Å². The van der Waals surface area contributed by atoms with E-state index in [1.165, 1.54) is 0 Å². The Bertz CT molecular complexity index is 228. The molecule has 0 spiro atoms. The van der Waals surface area contributed by atoms with E-state index in [4.69, 9.17) is 9.84 Å². The van der Waals surface area contributed by atoms with Crippen molar-refractivity contribution in [2.75, 3.05) is 13.2 Å². The lowest BCUT2D eigenvalue weighted by molar-refractivity contribution is -0.149. The third-order valence-electron chi connectivity index (χ3n) is 2.12. The average molecular weight is 231 g/mol. The molecule has 16 heavy (non-hydrogen) atoms. The molecule has 0 aromatic carbocycles. The zero-order chi connectivity index (χ0) is 12.6. The Morgan fingerprint density at radius 2 is 2.00 bits per heavy atom. The van der Waals surface area contributed by atoms with Gasteiger partial charge in [-0.05, 0) is 12.3 Å². The second kappa shape index (κ2) is 8.10. The van der Waals surface area contributed by atoms with Gasteiger partial charge < -0.3 is 15.2 Å². The van der Waals surface area contributed by atoms with Gasteiger partial charge in [0.15, 0.2) is 0 Å². The molecule has 0 rings (SSSR count). The molecule has 94 valence electrons. The first-order chi connectivity index (χ1) is 7.52. The van der Waals surface area contributed by atoms with Gasteiger partial charge in [0.25, 0.3) is 0 Å². The third-order valence-corrected chi connectivity index (χ3v) is 2.12. The second-order valence-corrected chi connectivity index (χ2v) is 3.97. The largest absolute Gasteiger partial charge is 0.464 e. The number of unbranched alkanes of at least 4 members (excludes halogenated alkanes) is 1. The van der Waals surface area contributed by atoms with E-state index in [9.17, 15) is 9.59 Å². The summed E-state index contributed by atoms with van der Waals surface area (Å²) in [7, 11) is 0. The van der Waals surface area contributed by atoms with Crippen LogP contribution in [0.3, 0.4) is 0 Å². The first-order valence-corrected chi connectivity index (χ1v) is 5.59. The van der Waals surface area contributed by atoms with Gasteiger partial charge >= 0.3 is 5.97 Å². The van der Waals surface area contributed by atoms with Gasteiger partial charge in [0.2, 0.25) is 5.91 Å². The molecular formula is C11H21NO4. The normalized spacial score (nSPS) is 12.3. The van der Waals surface area contributed by atoms with Gasteiger partial charge in [-0.1, -0.05) is 27.2 Å². The van der Waals surface area contributed by atoms with Crippen molar-refractivity contribution in [3.63, 3.8) is 0 Å². The van der Waals surface area contributed by atoms with Crippen molar-refractivity contribution in [2.45, 2.75) is 39.7 Å². The molecule has 0 aliphatic carbocycles. The molecule has 0 aliphatic rings. The minimum Gasteiger partial charge on any atom is -0.464 e. The Hall–Kier alpha value is -1.10. The van der Waals surface area contributed by atoms with E-state index in [0.717, 1.165) is 12.8 Å². The molecule has 1 atom stereocenters.